The lowest BCUT2D eigenvalue weighted by atomic mass is 10.7. The van der Waals surface area contributed by atoms with Crippen LogP contribution in [-0.2, 0) is 0 Å². The molecule has 0 aliphatic carbocycles. The molecule has 0 spiro atoms. The van der Waals surface area contributed by atoms with Crippen molar-refractivity contribution in [3.63, 3.8) is 0 Å². The first kappa shape index (κ1) is 18.3. The molecule has 6 nitrogen and oxygen atoms in total. The van der Waals surface area contributed by atoms with Gasteiger partial charge in [0, 0.05) is 24.8 Å². The van der Waals surface area contributed by atoms with Gasteiger partial charge in [-0.15, -0.1) is 12.8 Å². The van der Waals surface area contributed by atoms with Gasteiger partial charge in [0.2, 0.25) is 5.28 Å². The second-order valence-electron chi connectivity index (χ2n) is 2.90. The lowest BCUT2D eigenvalue weighted by Crippen LogP contribution is -1.96. The van der Waals surface area contributed by atoms with Crippen molar-refractivity contribution in [2.45, 2.75) is 0 Å². The average molecular weight is 305 g/mol. The summed E-state index contributed by atoms with van der Waals surface area (Å²) in [6, 6.07) is 3.75. The van der Waals surface area contributed by atoms with Crippen molar-refractivity contribution in [3.8, 4) is 30.7 Å². The number of halogens is 1. The highest BCUT2D eigenvalue weighted by molar-refractivity contribution is 6.28. The topological polar surface area (TPSA) is 81.0 Å². The number of aromatic nitrogens is 4. The Balaban J connectivity index is 0.000000317. The smallest absolute Gasteiger partial charge is 0.317 e. The Morgan fingerprint density at radius 1 is 1.00 bits per heavy atom. The third-order valence-electron chi connectivity index (χ3n) is 1.45. The molecule has 21 heavy (non-hydrogen) atoms. The van der Waals surface area contributed by atoms with Crippen molar-refractivity contribution >= 4 is 11.6 Å². The molecular weight excluding hydrogens is 292 g/mol. The maximum absolute atomic E-state index is 7.64. The molecule has 0 aliphatic rings. The fourth-order valence-electron chi connectivity index (χ4n) is 0.747. The molecule has 2 rings (SSSR count). The minimum Gasteiger partial charge on any atom is -0.450 e. The van der Waals surface area contributed by atoms with Crippen LogP contribution in [0, 0.1) is 24.7 Å². The van der Waals surface area contributed by atoms with E-state index < -0.39 is 0 Å². The van der Waals surface area contributed by atoms with Crippen LogP contribution >= 0.6 is 11.6 Å². The zero-order valence-electron chi connectivity index (χ0n) is 11.1. The predicted molar refractivity (Wildman–Crippen MR) is 79.3 cm³/mol. The maximum atomic E-state index is 7.64. The van der Waals surface area contributed by atoms with Gasteiger partial charge in [0.15, 0.2) is 6.61 Å². The van der Waals surface area contributed by atoms with Crippen molar-refractivity contribution in [3.05, 3.63) is 42.2 Å². The SMILES string of the molecule is C#CCO.C#CCOc1ncccn1.Clc1ncccn1. The minimum absolute atomic E-state index is 0.153. The van der Waals surface area contributed by atoms with Gasteiger partial charge in [-0.3, -0.25) is 0 Å². The molecule has 2 heterocycles. The van der Waals surface area contributed by atoms with Gasteiger partial charge >= 0.3 is 6.01 Å². The van der Waals surface area contributed by atoms with Crippen LogP contribution < -0.4 is 4.74 Å². The molecule has 2 aromatic heterocycles. The largest absolute Gasteiger partial charge is 0.450 e. The van der Waals surface area contributed by atoms with E-state index >= 15 is 0 Å². The van der Waals surface area contributed by atoms with E-state index in [0.717, 1.165) is 0 Å². The minimum atomic E-state index is -0.153. The van der Waals surface area contributed by atoms with Gasteiger partial charge < -0.3 is 9.84 Å². The molecule has 0 radical (unpaired) electrons. The normalized spacial score (nSPS) is 7.81. The molecule has 7 heteroatoms. The van der Waals surface area contributed by atoms with Crippen LogP contribution in [0.1, 0.15) is 0 Å². The molecule has 0 aliphatic heterocycles. The number of nitrogens with zero attached hydrogens (tertiary/aromatic N) is 4. The number of aliphatic hydroxyl groups is 1. The molecule has 0 amide bonds. The highest BCUT2D eigenvalue weighted by Crippen LogP contribution is 1.95. The summed E-state index contributed by atoms with van der Waals surface area (Å²) in [4.78, 5) is 14.8. The van der Waals surface area contributed by atoms with Crippen LogP contribution in [0.5, 0.6) is 6.01 Å². The number of hydrogen-bond acceptors (Lipinski definition) is 6. The van der Waals surface area contributed by atoms with E-state index in [1.54, 1.807) is 36.9 Å². The summed E-state index contributed by atoms with van der Waals surface area (Å²) in [6.07, 6.45) is 15.9. The first-order valence-electron chi connectivity index (χ1n) is 5.54. The van der Waals surface area contributed by atoms with Gasteiger partial charge in [-0.2, -0.15) is 0 Å². The summed E-state index contributed by atoms with van der Waals surface area (Å²) >= 11 is 5.32. The van der Waals surface area contributed by atoms with Gasteiger partial charge in [-0.05, 0) is 23.7 Å². The number of hydrogen-bond donors (Lipinski definition) is 1. The first-order chi connectivity index (χ1) is 10.2. The molecule has 108 valence electrons. The monoisotopic (exact) mass is 304 g/mol. The third kappa shape index (κ3) is 12.1. The summed E-state index contributed by atoms with van der Waals surface area (Å²) < 4.78 is 4.90. The van der Waals surface area contributed by atoms with Gasteiger partial charge in [-0.1, -0.05) is 11.8 Å². The maximum Gasteiger partial charge on any atom is 0.317 e. The van der Waals surface area contributed by atoms with E-state index in [4.69, 9.17) is 27.9 Å². The molecule has 0 atom stereocenters. The van der Waals surface area contributed by atoms with Crippen LogP contribution in [0.2, 0.25) is 5.28 Å². The highest BCUT2D eigenvalue weighted by Gasteiger charge is 1.89. The van der Waals surface area contributed by atoms with Crippen molar-refractivity contribution < 1.29 is 9.84 Å². The van der Waals surface area contributed by atoms with E-state index in [9.17, 15) is 0 Å². The van der Waals surface area contributed by atoms with E-state index in [1.807, 2.05) is 5.92 Å². The van der Waals surface area contributed by atoms with Crippen LogP contribution in [0.25, 0.3) is 0 Å². The lowest BCUT2D eigenvalue weighted by Gasteiger charge is -1.95. The van der Waals surface area contributed by atoms with E-state index in [2.05, 4.69) is 32.3 Å². The third-order valence-corrected chi connectivity index (χ3v) is 1.65. The van der Waals surface area contributed by atoms with Crippen molar-refractivity contribution in [2.75, 3.05) is 13.2 Å². The standard InChI is InChI=1S/C7H6N2O.C4H3ClN2.C3H4O/c1-2-6-10-7-8-4-3-5-9-7;5-4-6-2-1-3-7-4;1-2-3-4/h1,3-5H,6H2;1-3H;1,4H,3H2. The Morgan fingerprint density at radius 2 is 1.48 bits per heavy atom. The Hall–Kier alpha value is -2.67. The molecule has 1 N–H and O–H groups in total. The fraction of sp³-hybridized carbons (Fsp3) is 0.143. The van der Waals surface area contributed by atoms with Crippen molar-refractivity contribution in [2.24, 2.45) is 0 Å². The average Bonchev–Trinajstić information content (AvgIpc) is 2.55. The van der Waals surface area contributed by atoms with Crippen LogP contribution in [-0.4, -0.2) is 38.3 Å². The van der Waals surface area contributed by atoms with Crippen LogP contribution in [0.4, 0.5) is 0 Å². The predicted octanol–water partition coefficient (Wildman–Crippen LogP) is 1.23. The summed E-state index contributed by atoms with van der Waals surface area (Å²) in [7, 11) is 0. The fourth-order valence-corrected chi connectivity index (χ4v) is 0.860. The number of rotatable bonds is 2. The summed E-state index contributed by atoms with van der Waals surface area (Å²) in [5.74, 6) is 4.30. The molecular formula is C14H13ClN4O2. The Labute approximate surface area is 128 Å². The van der Waals surface area contributed by atoms with Crippen LogP contribution in [0.3, 0.4) is 0 Å². The Morgan fingerprint density at radius 3 is 1.81 bits per heavy atom. The van der Waals surface area contributed by atoms with E-state index in [1.165, 1.54) is 0 Å². The molecule has 2 aromatic rings. The Bertz CT molecular complexity index is 553. The second kappa shape index (κ2) is 13.8. The van der Waals surface area contributed by atoms with Crippen molar-refractivity contribution in [1.29, 1.82) is 0 Å². The quantitative estimate of drug-likeness (QED) is 0.664. The lowest BCUT2D eigenvalue weighted by molar-refractivity contribution is 0.339. The van der Waals surface area contributed by atoms with Gasteiger partial charge in [-0.25, -0.2) is 19.9 Å². The molecule has 0 fully saturated rings. The van der Waals surface area contributed by atoms with Gasteiger partial charge in [0.1, 0.15) is 6.61 Å². The molecule has 0 bridgehead atoms. The van der Waals surface area contributed by atoms with E-state index in [-0.39, 0.29) is 13.2 Å². The van der Waals surface area contributed by atoms with Crippen molar-refractivity contribution in [1.82, 2.24) is 19.9 Å². The molecule has 0 saturated heterocycles. The zero-order chi connectivity index (χ0) is 15.8. The number of ether oxygens (including phenoxy) is 1. The van der Waals surface area contributed by atoms with E-state index in [0.29, 0.717) is 11.3 Å². The summed E-state index contributed by atoms with van der Waals surface area (Å²) in [6.45, 7) is 0.0595. The molecule has 0 unspecified atom stereocenters. The molecule has 0 aromatic carbocycles. The Kier molecular flexibility index (Phi) is 12.0. The first-order valence-corrected chi connectivity index (χ1v) is 5.92. The van der Waals surface area contributed by atoms with Gasteiger partial charge in [0.25, 0.3) is 0 Å². The van der Waals surface area contributed by atoms with Crippen LogP contribution in [0.15, 0.2) is 36.9 Å². The van der Waals surface area contributed by atoms with Gasteiger partial charge in [0.05, 0.1) is 0 Å². The number of aliphatic hydroxyl groups excluding tert-OH is 1. The zero-order valence-corrected chi connectivity index (χ0v) is 11.8. The number of terminal acetylenes is 2. The second-order valence-corrected chi connectivity index (χ2v) is 3.24. The molecule has 0 saturated carbocycles. The highest BCUT2D eigenvalue weighted by atomic mass is 35.5. The summed E-state index contributed by atoms with van der Waals surface area (Å²) in [5.41, 5.74) is 0. The summed E-state index contributed by atoms with van der Waals surface area (Å²) in [5, 5.41) is 7.93.